The molecule has 2 aromatic rings. The molecule has 31 heavy (non-hydrogen) atoms. The molecule has 1 heterocycles. The molecule has 5 heteroatoms. The minimum absolute atomic E-state index is 0. The minimum atomic E-state index is -0.0797. The molecule has 1 aliphatic heterocycles. The average molecular weight is 463 g/mol. The Hall–Kier alpha value is -2.37. The third-order valence-electron chi connectivity index (χ3n) is 5.63. The number of aliphatic hydroxyl groups excluding tert-OH is 1. The number of aliphatic hydroxyl groups is 1. The number of hydrogen-bond donors (Lipinski definition) is 1. The van der Waals surface area contributed by atoms with Crippen LogP contribution >= 0.6 is 0 Å². The van der Waals surface area contributed by atoms with Crippen LogP contribution in [0.5, 0.6) is 0 Å². The summed E-state index contributed by atoms with van der Waals surface area (Å²) in [5.74, 6) is 1.04. The van der Waals surface area contributed by atoms with Crippen LogP contribution in [-0.2, 0) is 22.2 Å². The third-order valence-corrected chi connectivity index (χ3v) is 5.63. The number of anilines is 1. The van der Waals surface area contributed by atoms with Gasteiger partial charge in [-0.3, -0.25) is 0 Å². The first-order chi connectivity index (χ1) is 14.3. The summed E-state index contributed by atoms with van der Waals surface area (Å²) in [5.41, 5.74) is 4.50. The van der Waals surface area contributed by atoms with Gasteiger partial charge >= 0.3 is 0 Å². The first-order valence-corrected chi connectivity index (χ1v) is 10.7. The molecule has 0 aliphatic carbocycles. The number of para-hydroxylation sites is 1. The maximum absolute atomic E-state index is 10.2. The van der Waals surface area contributed by atoms with Crippen LogP contribution in [0.3, 0.4) is 0 Å². The van der Waals surface area contributed by atoms with Gasteiger partial charge in [-0.15, -0.1) is 5.10 Å². The Morgan fingerprint density at radius 1 is 0.968 bits per heavy atom. The molecule has 0 bridgehead atoms. The normalized spacial score (nSPS) is 16.9. The Kier molecular flexibility index (Phi) is 8.66. The summed E-state index contributed by atoms with van der Waals surface area (Å²) in [5, 5.41) is 18.3. The summed E-state index contributed by atoms with van der Waals surface area (Å²) in [6.45, 7) is 9.15. The summed E-state index contributed by atoms with van der Waals surface area (Å²) in [4.78, 5) is 2.28. The van der Waals surface area contributed by atoms with E-state index in [0.717, 1.165) is 12.8 Å². The van der Waals surface area contributed by atoms with Gasteiger partial charge in [-0.25, -0.2) is 0 Å². The average Bonchev–Trinajstić information content (AvgIpc) is 2.93. The second-order valence-electron chi connectivity index (χ2n) is 8.96. The number of allylic oxidation sites excluding steroid dienone is 2. The van der Waals surface area contributed by atoms with Gasteiger partial charge in [0.25, 0.3) is 0 Å². The fourth-order valence-corrected chi connectivity index (χ4v) is 4.77. The van der Waals surface area contributed by atoms with E-state index in [1.54, 1.807) is 6.21 Å². The van der Waals surface area contributed by atoms with Crippen molar-refractivity contribution in [2.24, 2.45) is 22.0 Å². The zero-order valence-electron chi connectivity index (χ0n) is 19.0. The van der Waals surface area contributed by atoms with Gasteiger partial charge < -0.3 is 10.0 Å². The van der Waals surface area contributed by atoms with E-state index in [4.69, 9.17) is 0 Å². The topological polar surface area (TPSA) is 48.2 Å². The van der Waals surface area contributed by atoms with E-state index < -0.39 is 0 Å². The number of hydrogen-bond acceptors (Lipinski definition) is 3. The summed E-state index contributed by atoms with van der Waals surface area (Å²) < 4.78 is 0. The predicted molar refractivity (Wildman–Crippen MR) is 128 cm³/mol. The zero-order chi connectivity index (χ0) is 21.7. The van der Waals surface area contributed by atoms with Crippen molar-refractivity contribution in [3.63, 3.8) is 0 Å². The maximum Gasteiger partial charge on any atom is 0.238 e. The van der Waals surface area contributed by atoms with Crippen LogP contribution in [0.4, 0.5) is 5.69 Å². The Balaban J connectivity index is 0.00000341. The van der Waals surface area contributed by atoms with Gasteiger partial charge in [-0.2, -0.15) is 5.10 Å². The SMILES string of the molecule is CC(C)CC1(CC(C)C)/C(=C/C=N/N=C(\O)c2ccccc2)N(C)c2ccccc21.[Co]. The van der Waals surface area contributed by atoms with E-state index in [1.165, 1.54) is 16.9 Å². The van der Waals surface area contributed by atoms with Crippen molar-refractivity contribution in [3.05, 3.63) is 77.5 Å². The molecular weight excluding hydrogens is 429 g/mol. The molecule has 1 radical (unpaired) electrons. The molecule has 167 valence electrons. The summed E-state index contributed by atoms with van der Waals surface area (Å²) in [7, 11) is 2.13. The van der Waals surface area contributed by atoms with Crippen molar-refractivity contribution < 1.29 is 21.9 Å². The number of benzene rings is 2. The third kappa shape index (κ3) is 5.46. The van der Waals surface area contributed by atoms with Gasteiger partial charge in [-0.1, -0.05) is 64.1 Å². The van der Waals surface area contributed by atoms with Crippen molar-refractivity contribution in [3.8, 4) is 0 Å². The molecule has 0 amide bonds. The van der Waals surface area contributed by atoms with Crippen LogP contribution < -0.4 is 4.90 Å². The second-order valence-corrected chi connectivity index (χ2v) is 8.96. The van der Waals surface area contributed by atoms with Gasteiger partial charge in [0.15, 0.2) is 0 Å². The van der Waals surface area contributed by atoms with Crippen LogP contribution in [0.2, 0.25) is 0 Å². The van der Waals surface area contributed by atoms with Crippen LogP contribution in [0.1, 0.15) is 51.7 Å². The van der Waals surface area contributed by atoms with Crippen molar-refractivity contribution >= 4 is 17.8 Å². The Bertz CT molecular complexity index is 938. The summed E-state index contributed by atoms with van der Waals surface area (Å²) in [6.07, 6.45) is 5.91. The van der Waals surface area contributed by atoms with Crippen molar-refractivity contribution in [2.45, 2.75) is 46.0 Å². The van der Waals surface area contributed by atoms with Crippen LogP contribution in [0.25, 0.3) is 0 Å². The van der Waals surface area contributed by atoms with Crippen LogP contribution in [-0.4, -0.2) is 24.3 Å². The smallest absolute Gasteiger partial charge is 0.238 e. The molecule has 0 spiro atoms. The van der Waals surface area contributed by atoms with E-state index in [-0.39, 0.29) is 28.1 Å². The standard InChI is InChI=1S/C26H33N3O.Co/c1-19(2)17-26(18-20(3)4)22-13-9-10-14-23(22)29(5)24(26)15-16-27-28-25(30)21-11-7-6-8-12-21;/h6-16,19-20H,17-18H2,1-5H3,(H,28,30);/b24-15-,27-16+;. The summed E-state index contributed by atoms with van der Waals surface area (Å²) >= 11 is 0. The van der Waals surface area contributed by atoms with E-state index in [1.807, 2.05) is 30.3 Å². The number of fused-ring (bicyclic) bond motifs is 1. The predicted octanol–water partition coefficient (Wildman–Crippen LogP) is 6.34. The monoisotopic (exact) mass is 462 g/mol. The molecule has 3 rings (SSSR count). The van der Waals surface area contributed by atoms with Gasteiger partial charge in [-0.05, 0) is 54.5 Å². The van der Waals surface area contributed by atoms with Crippen LogP contribution in [0.15, 0.2) is 76.6 Å². The molecule has 0 saturated heterocycles. The Labute approximate surface area is 197 Å². The van der Waals surface area contributed by atoms with E-state index in [2.05, 4.69) is 80.2 Å². The van der Waals surface area contributed by atoms with Gasteiger partial charge in [0, 0.05) is 46.2 Å². The number of likely N-dealkylation sites (N-methyl/N-ethyl adjacent to an activating group) is 1. The van der Waals surface area contributed by atoms with Gasteiger partial charge in [0.2, 0.25) is 5.90 Å². The van der Waals surface area contributed by atoms with Crippen molar-refractivity contribution in [1.82, 2.24) is 0 Å². The minimum Gasteiger partial charge on any atom is -0.492 e. The van der Waals surface area contributed by atoms with E-state index in [0.29, 0.717) is 17.4 Å². The fraction of sp³-hybridized carbons (Fsp3) is 0.385. The molecule has 4 nitrogen and oxygen atoms in total. The van der Waals surface area contributed by atoms with Gasteiger partial charge in [0.1, 0.15) is 0 Å². The quantitative estimate of drug-likeness (QED) is 0.297. The van der Waals surface area contributed by atoms with Gasteiger partial charge in [0.05, 0.1) is 6.21 Å². The molecule has 0 fully saturated rings. The maximum atomic E-state index is 10.2. The molecule has 0 atom stereocenters. The van der Waals surface area contributed by atoms with Crippen LogP contribution in [0, 0.1) is 11.8 Å². The molecule has 1 N–H and O–H groups in total. The van der Waals surface area contributed by atoms with E-state index in [9.17, 15) is 5.11 Å². The first kappa shape index (κ1) is 24.9. The molecule has 0 aromatic heterocycles. The fourth-order valence-electron chi connectivity index (χ4n) is 4.77. The number of rotatable bonds is 7. The Morgan fingerprint density at radius 2 is 1.55 bits per heavy atom. The van der Waals surface area contributed by atoms with E-state index >= 15 is 0 Å². The second kappa shape index (κ2) is 10.8. The largest absolute Gasteiger partial charge is 0.492 e. The number of nitrogens with zero attached hydrogens (tertiary/aromatic N) is 3. The molecule has 1 aliphatic rings. The Morgan fingerprint density at radius 3 is 2.16 bits per heavy atom. The molecule has 2 aromatic carbocycles. The molecule has 0 saturated carbocycles. The first-order valence-electron chi connectivity index (χ1n) is 10.7. The van der Waals surface area contributed by atoms with Crippen molar-refractivity contribution in [1.29, 1.82) is 0 Å². The van der Waals surface area contributed by atoms with Crippen molar-refractivity contribution in [2.75, 3.05) is 11.9 Å². The summed E-state index contributed by atoms with van der Waals surface area (Å²) in [6, 6.07) is 18.0. The zero-order valence-corrected chi connectivity index (χ0v) is 20.1. The molecule has 0 unspecified atom stereocenters. The molecular formula is C26H33CoN3O.